The first-order valence-electron chi connectivity index (χ1n) is 11.3. The monoisotopic (exact) mass is 475 g/mol. The molecule has 0 bridgehead atoms. The van der Waals surface area contributed by atoms with Crippen molar-refractivity contribution < 1.29 is 9.59 Å². The van der Waals surface area contributed by atoms with E-state index in [0.717, 1.165) is 22.4 Å². The second kappa shape index (κ2) is 11.6. The van der Waals surface area contributed by atoms with Gasteiger partial charge >= 0.3 is 0 Å². The third kappa shape index (κ3) is 6.78. The van der Waals surface area contributed by atoms with Gasteiger partial charge in [0.05, 0.1) is 17.5 Å². The van der Waals surface area contributed by atoms with Crippen LogP contribution < -0.4 is 10.6 Å². The second-order valence-electron chi connectivity index (χ2n) is 8.50. The van der Waals surface area contributed by atoms with Crippen LogP contribution in [0.5, 0.6) is 0 Å². The van der Waals surface area contributed by atoms with Crippen molar-refractivity contribution in [2.75, 3.05) is 11.9 Å². The fraction of sp³-hybridized carbons (Fsp3) is 0.250. The van der Waals surface area contributed by atoms with Crippen LogP contribution in [0.1, 0.15) is 32.3 Å². The fourth-order valence-electron chi connectivity index (χ4n) is 3.85. The Bertz CT molecular complexity index is 1190. The summed E-state index contributed by atoms with van der Waals surface area (Å²) in [4.78, 5) is 25.7. The molecule has 1 unspecified atom stereocenters. The minimum absolute atomic E-state index is 0.0645. The summed E-state index contributed by atoms with van der Waals surface area (Å²) in [5.74, 6) is -0.696. The molecule has 0 heterocycles. The quantitative estimate of drug-likeness (QED) is 0.312. The van der Waals surface area contributed by atoms with Crippen LogP contribution in [0.4, 0.5) is 5.69 Å². The molecule has 0 radical (unpaired) electrons. The summed E-state index contributed by atoms with van der Waals surface area (Å²) in [5.41, 5.74) is 5.49. The van der Waals surface area contributed by atoms with E-state index in [2.05, 4.69) is 10.6 Å². The summed E-state index contributed by atoms with van der Waals surface area (Å²) in [6.07, 6.45) is 8.32. The molecule has 6 heteroatoms. The molecule has 3 N–H and O–H groups in total. The average Bonchev–Trinajstić information content (AvgIpc) is 3.04. The summed E-state index contributed by atoms with van der Waals surface area (Å²) in [6, 6.07) is 13.5. The zero-order valence-electron chi connectivity index (χ0n) is 19.7. The van der Waals surface area contributed by atoms with Gasteiger partial charge < -0.3 is 16.0 Å². The first-order valence-corrected chi connectivity index (χ1v) is 11.6. The Morgan fingerprint density at radius 1 is 1.12 bits per heavy atom. The number of ketones is 1. The number of carbonyl (C=O) groups is 2. The highest BCUT2D eigenvalue weighted by atomic mass is 35.5. The van der Waals surface area contributed by atoms with Crippen LogP contribution in [0.2, 0.25) is 5.02 Å². The predicted octanol–water partition coefficient (Wildman–Crippen LogP) is 6.25. The molecule has 5 nitrogen and oxygen atoms in total. The Labute approximate surface area is 206 Å². The number of hydrogen-bond acceptors (Lipinski definition) is 4. The standard InChI is InChI=1S/C28H30ClN3O2/c1-18-8-4-7-11-24(18)25-13-12-23(16-26(25)29)32-28(34)22-10-6-5-9-21(15-22)27(33)17-31-20(3)14-19(2)30/h4-8,11-16,22,30-31H,9-10,17H2,1-3H3,(H,32,34)/b20-14-,30-19?. The van der Waals surface area contributed by atoms with Crippen LogP contribution >= 0.6 is 11.6 Å². The van der Waals surface area contributed by atoms with Crippen molar-refractivity contribution in [1.29, 1.82) is 5.41 Å². The maximum atomic E-state index is 13.0. The van der Waals surface area contributed by atoms with E-state index in [1.54, 1.807) is 25.1 Å². The number of rotatable bonds is 8. The Kier molecular flexibility index (Phi) is 8.61. The maximum absolute atomic E-state index is 13.0. The highest BCUT2D eigenvalue weighted by Crippen LogP contribution is 2.32. The van der Waals surface area contributed by atoms with Crippen molar-refractivity contribution in [2.24, 2.45) is 5.92 Å². The zero-order chi connectivity index (χ0) is 24.7. The summed E-state index contributed by atoms with van der Waals surface area (Å²) in [6.45, 7) is 5.66. The lowest BCUT2D eigenvalue weighted by Gasteiger charge is -2.14. The molecule has 1 atom stereocenters. The van der Waals surface area contributed by atoms with Gasteiger partial charge in [-0.05, 0) is 68.5 Å². The summed E-state index contributed by atoms with van der Waals surface area (Å²) < 4.78 is 0. The molecule has 2 aromatic rings. The minimum atomic E-state index is -0.451. The Morgan fingerprint density at radius 2 is 1.88 bits per heavy atom. The van der Waals surface area contributed by atoms with Gasteiger partial charge in [-0.2, -0.15) is 0 Å². The lowest BCUT2D eigenvalue weighted by Crippen LogP contribution is -2.25. The molecular weight excluding hydrogens is 446 g/mol. The van der Waals surface area contributed by atoms with E-state index in [1.807, 2.05) is 62.4 Å². The molecule has 176 valence electrons. The van der Waals surface area contributed by atoms with Crippen LogP contribution in [-0.4, -0.2) is 23.9 Å². The first kappa shape index (κ1) is 25.2. The molecule has 34 heavy (non-hydrogen) atoms. The highest BCUT2D eigenvalue weighted by Gasteiger charge is 2.20. The number of amides is 1. The normalized spacial score (nSPS) is 15.8. The van der Waals surface area contributed by atoms with Gasteiger partial charge in [-0.25, -0.2) is 0 Å². The number of nitrogens with one attached hydrogen (secondary N) is 3. The molecule has 1 aliphatic carbocycles. The smallest absolute Gasteiger partial charge is 0.231 e. The Hall–Kier alpha value is -3.44. The lowest BCUT2D eigenvalue weighted by molar-refractivity contribution is -0.118. The van der Waals surface area contributed by atoms with Gasteiger partial charge in [0.2, 0.25) is 5.91 Å². The molecular formula is C28H30ClN3O2. The van der Waals surface area contributed by atoms with Crippen molar-refractivity contribution in [3.05, 3.63) is 88.6 Å². The van der Waals surface area contributed by atoms with Gasteiger partial charge in [-0.15, -0.1) is 0 Å². The largest absolute Gasteiger partial charge is 0.381 e. The van der Waals surface area contributed by atoms with Gasteiger partial charge in [-0.3, -0.25) is 9.59 Å². The van der Waals surface area contributed by atoms with Gasteiger partial charge in [0.1, 0.15) is 0 Å². The number of anilines is 1. The second-order valence-corrected chi connectivity index (χ2v) is 8.90. The summed E-state index contributed by atoms with van der Waals surface area (Å²) in [7, 11) is 0. The number of allylic oxidation sites excluding steroid dienone is 4. The van der Waals surface area contributed by atoms with E-state index in [4.69, 9.17) is 17.0 Å². The third-order valence-electron chi connectivity index (χ3n) is 5.62. The maximum Gasteiger partial charge on any atom is 0.231 e. The number of carbonyl (C=O) groups excluding carboxylic acids is 2. The van der Waals surface area contributed by atoms with E-state index in [-0.39, 0.29) is 18.2 Å². The van der Waals surface area contributed by atoms with Crippen LogP contribution in [0.3, 0.4) is 0 Å². The zero-order valence-corrected chi connectivity index (χ0v) is 20.5. The third-order valence-corrected chi connectivity index (χ3v) is 5.94. The van der Waals surface area contributed by atoms with Crippen molar-refractivity contribution in [1.82, 2.24) is 5.32 Å². The number of benzene rings is 2. The van der Waals surface area contributed by atoms with Crippen molar-refractivity contribution in [2.45, 2.75) is 33.6 Å². The molecule has 0 spiro atoms. The van der Waals surface area contributed by atoms with E-state index < -0.39 is 5.92 Å². The molecule has 0 saturated carbocycles. The predicted molar refractivity (Wildman–Crippen MR) is 140 cm³/mol. The first-order chi connectivity index (χ1) is 16.2. The number of hydrogen-bond donors (Lipinski definition) is 3. The fourth-order valence-corrected chi connectivity index (χ4v) is 4.13. The number of Topliss-reactive ketones (excluding diaryl/α,β-unsaturated/α-hetero) is 1. The van der Waals surface area contributed by atoms with Crippen molar-refractivity contribution in [3.63, 3.8) is 0 Å². The van der Waals surface area contributed by atoms with Crippen LogP contribution in [0.15, 0.2) is 78.0 Å². The van der Waals surface area contributed by atoms with Gasteiger partial charge in [0, 0.05) is 22.7 Å². The van der Waals surface area contributed by atoms with E-state index in [1.165, 1.54) is 0 Å². The molecule has 2 aromatic carbocycles. The van der Waals surface area contributed by atoms with Crippen molar-refractivity contribution >= 4 is 34.7 Å². The molecule has 1 amide bonds. The molecule has 3 rings (SSSR count). The minimum Gasteiger partial charge on any atom is -0.381 e. The van der Waals surface area contributed by atoms with E-state index in [9.17, 15) is 9.59 Å². The highest BCUT2D eigenvalue weighted by molar-refractivity contribution is 6.33. The average molecular weight is 476 g/mol. The summed E-state index contributed by atoms with van der Waals surface area (Å²) >= 11 is 6.54. The Balaban J connectivity index is 1.70. The number of halogens is 1. The molecule has 0 saturated heterocycles. The van der Waals surface area contributed by atoms with Crippen LogP contribution in [-0.2, 0) is 9.59 Å². The van der Waals surface area contributed by atoms with E-state index in [0.29, 0.717) is 34.8 Å². The molecule has 1 aliphatic rings. The molecule has 0 aliphatic heterocycles. The summed E-state index contributed by atoms with van der Waals surface area (Å²) in [5, 5.41) is 14.0. The van der Waals surface area contributed by atoms with E-state index >= 15 is 0 Å². The van der Waals surface area contributed by atoms with Crippen molar-refractivity contribution in [3.8, 4) is 11.1 Å². The number of aryl methyl sites for hydroxylation is 1. The van der Waals surface area contributed by atoms with Crippen LogP contribution in [0.25, 0.3) is 11.1 Å². The van der Waals surface area contributed by atoms with Crippen LogP contribution in [0, 0.1) is 18.3 Å². The van der Waals surface area contributed by atoms with Gasteiger partial charge in [0.25, 0.3) is 0 Å². The lowest BCUT2D eigenvalue weighted by atomic mass is 9.99. The molecule has 0 fully saturated rings. The van der Waals surface area contributed by atoms with Gasteiger partial charge in [0.15, 0.2) is 5.78 Å². The SMILES string of the molecule is CC(=N)/C=C(/C)NCC(=O)C1=CC(C(=O)Nc2ccc(-c3ccccc3C)c(Cl)c2)CC=CC1. The topological polar surface area (TPSA) is 82.1 Å². The Morgan fingerprint density at radius 3 is 2.59 bits per heavy atom. The molecule has 0 aromatic heterocycles. The van der Waals surface area contributed by atoms with Gasteiger partial charge in [-0.1, -0.05) is 60.2 Å².